The van der Waals surface area contributed by atoms with Crippen molar-refractivity contribution in [2.75, 3.05) is 27.2 Å². The number of benzene rings is 2. The van der Waals surface area contributed by atoms with Crippen LogP contribution in [0.4, 0.5) is 0 Å². The number of nitrogens with zero attached hydrogens (tertiary/aromatic N) is 6. The molecule has 0 saturated carbocycles. The van der Waals surface area contributed by atoms with Gasteiger partial charge in [-0.3, -0.25) is 14.7 Å². The first-order valence-electron chi connectivity index (χ1n) is 10.9. The summed E-state index contributed by atoms with van der Waals surface area (Å²) in [7, 11) is 4.18. The highest BCUT2D eigenvalue weighted by Gasteiger charge is 2.16. The second kappa shape index (κ2) is 8.12. The molecule has 158 valence electrons. The van der Waals surface area contributed by atoms with E-state index in [1.54, 1.807) is 0 Å². The van der Waals surface area contributed by atoms with Gasteiger partial charge in [-0.2, -0.15) is 10.2 Å². The number of aromatic nitrogens is 3. The van der Waals surface area contributed by atoms with Gasteiger partial charge >= 0.3 is 0 Å². The zero-order valence-electron chi connectivity index (χ0n) is 18.4. The van der Waals surface area contributed by atoms with Crippen LogP contribution < -0.4 is 0 Å². The average molecular weight is 413 g/mol. The Morgan fingerprint density at radius 3 is 2.68 bits per heavy atom. The number of aryl methyl sites for hydroxylation is 1. The highest BCUT2D eigenvalue weighted by molar-refractivity contribution is 6.09. The molecule has 6 nitrogen and oxygen atoms in total. The van der Waals surface area contributed by atoms with E-state index in [0.29, 0.717) is 0 Å². The second-order valence-corrected chi connectivity index (χ2v) is 8.48. The van der Waals surface area contributed by atoms with E-state index in [0.717, 1.165) is 66.0 Å². The van der Waals surface area contributed by atoms with Gasteiger partial charge in [0.1, 0.15) is 5.52 Å². The highest BCUT2D eigenvalue weighted by Crippen LogP contribution is 2.27. The highest BCUT2D eigenvalue weighted by atomic mass is 15.5. The minimum absolute atomic E-state index is 0.847. The number of hydrogen-bond acceptors (Lipinski definition) is 5. The third-order valence-electron chi connectivity index (χ3n) is 5.98. The Labute approximate surface area is 182 Å². The van der Waals surface area contributed by atoms with Crippen LogP contribution in [-0.4, -0.2) is 57.6 Å². The van der Waals surface area contributed by atoms with E-state index in [2.05, 4.69) is 76.5 Å². The molecule has 1 aliphatic heterocycles. The van der Waals surface area contributed by atoms with Crippen molar-refractivity contribution in [1.29, 1.82) is 0 Å². The summed E-state index contributed by atoms with van der Waals surface area (Å²) in [5, 5.41) is 13.8. The van der Waals surface area contributed by atoms with E-state index in [1.165, 1.54) is 10.9 Å². The van der Waals surface area contributed by atoms with Crippen molar-refractivity contribution in [3.05, 3.63) is 71.5 Å². The van der Waals surface area contributed by atoms with Gasteiger partial charge in [0.2, 0.25) is 0 Å². The standard InChI is InChI=1S/C25H28N6/c1-18-25-22(17-31(28-25)14-13-29(2)16-19-7-5-4-6-8-19)21-10-9-20(15-24(21)26-18)23-11-12-30(3)27-23/h4-10,15,17H,11-14,16H2,1-3H3. The lowest BCUT2D eigenvalue weighted by Gasteiger charge is -2.16. The Morgan fingerprint density at radius 1 is 1.06 bits per heavy atom. The van der Waals surface area contributed by atoms with E-state index in [4.69, 9.17) is 10.1 Å². The van der Waals surface area contributed by atoms with Crippen LogP contribution in [0, 0.1) is 6.92 Å². The summed E-state index contributed by atoms with van der Waals surface area (Å²) in [5.41, 5.74) is 6.61. The van der Waals surface area contributed by atoms with Gasteiger partial charge in [-0.15, -0.1) is 0 Å². The molecule has 5 rings (SSSR count). The van der Waals surface area contributed by atoms with E-state index < -0.39 is 0 Å². The summed E-state index contributed by atoms with van der Waals surface area (Å²) < 4.78 is 2.06. The van der Waals surface area contributed by atoms with Gasteiger partial charge in [0, 0.05) is 50.1 Å². The van der Waals surface area contributed by atoms with Gasteiger partial charge < -0.3 is 4.90 Å². The van der Waals surface area contributed by atoms with Crippen LogP contribution in [0.5, 0.6) is 0 Å². The van der Waals surface area contributed by atoms with Crippen LogP contribution in [0.25, 0.3) is 21.8 Å². The molecule has 3 heterocycles. The molecular formula is C25H28N6. The Balaban J connectivity index is 1.39. The van der Waals surface area contributed by atoms with Crippen molar-refractivity contribution < 1.29 is 0 Å². The zero-order chi connectivity index (χ0) is 21.4. The van der Waals surface area contributed by atoms with Crippen LogP contribution in [0.1, 0.15) is 23.2 Å². The topological polar surface area (TPSA) is 49.6 Å². The van der Waals surface area contributed by atoms with Gasteiger partial charge in [0.05, 0.1) is 23.5 Å². The molecule has 0 saturated heterocycles. The first-order valence-corrected chi connectivity index (χ1v) is 10.9. The lowest BCUT2D eigenvalue weighted by molar-refractivity contribution is 0.305. The van der Waals surface area contributed by atoms with Crippen molar-refractivity contribution in [1.82, 2.24) is 24.7 Å². The first-order chi connectivity index (χ1) is 15.1. The molecule has 31 heavy (non-hydrogen) atoms. The molecule has 2 aromatic heterocycles. The molecule has 1 aliphatic rings. The molecule has 0 fully saturated rings. The molecule has 0 radical (unpaired) electrons. The lowest BCUT2D eigenvalue weighted by Crippen LogP contribution is -2.23. The maximum absolute atomic E-state index is 4.86. The van der Waals surface area contributed by atoms with E-state index in [-0.39, 0.29) is 0 Å². The predicted molar refractivity (Wildman–Crippen MR) is 126 cm³/mol. The molecule has 0 aliphatic carbocycles. The number of hydrogen-bond donors (Lipinski definition) is 0. The molecule has 6 heteroatoms. The second-order valence-electron chi connectivity index (χ2n) is 8.48. The summed E-state index contributed by atoms with van der Waals surface area (Å²) in [6, 6.07) is 17.1. The van der Waals surface area contributed by atoms with Crippen LogP contribution in [0.3, 0.4) is 0 Å². The fraction of sp³-hybridized carbons (Fsp3) is 0.320. The van der Waals surface area contributed by atoms with Crippen LogP contribution >= 0.6 is 0 Å². The van der Waals surface area contributed by atoms with E-state index in [1.807, 2.05) is 19.0 Å². The maximum Gasteiger partial charge on any atom is 0.114 e. The molecule has 0 atom stereocenters. The Morgan fingerprint density at radius 2 is 1.90 bits per heavy atom. The van der Waals surface area contributed by atoms with Crippen molar-refractivity contribution in [2.45, 2.75) is 26.4 Å². The number of fused-ring (bicyclic) bond motifs is 3. The van der Waals surface area contributed by atoms with Crippen LogP contribution in [0.15, 0.2) is 59.8 Å². The number of hydrazone groups is 1. The molecule has 0 spiro atoms. The molecule has 0 N–H and O–H groups in total. The lowest BCUT2D eigenvalue weighted by atomic mass is 10.0. The SMILES string of the molecule is Cc1nc2cc(C3=NN(C)CC3)ccc2c2cn(CCN(C)Cc3ccccc3)nc12. The monoisotopic (exact) mass is 412 g/mol. The van der Waals surface area contributed by atoms with Gasteiger partial charge in [-0.25, -0.2) is 0 Å². The third kappa shape index (κ3) is 4.03. The molecule has 0 amide bonds. The molecule has 4 aromatic rings. The minimum Gasteiger partial charge on any atom is -0.300 e. The minimum atomic E-state index is 0.847. The van der Waals surface area contributed by atoms with Crippen LogP contribution in [-0.2, 0) is 13.1 Å². The quantitative estimate of drug-likeness (QED) is 0.479. The normalized spacial score (nSPS) is 14.2. The summed E-state index contributed by atoms with van der Waals surface area (Å²) in [6.45, 7) is 5.75. The number of pyridine rings is 1. The molecule has 0 unspecified atom stereocenters. The van der Waals surface area contributed by atoms with Crippen molar-refractivity contribution in [3.8, 4) is 0 Å². The van der Waals surface area contributed by atoms with Crippen molar-refractivity contribution in [2.24, 2.45) is 5.10 Å². The summed E-state index contributed by atoms with van der Waals surface area (Å²) in [4.78, 5) is 7.19. The maximum atomic E-state index is 4.86. The number of likely N-dealkylation sites (N-methyl/N-ethyl adjacent to an activating group) is 1. The van der Waals surface area contributed by atoms with E-state index in [9.17, 15) is 0 Å². The smallest absolute Gasteiger partial charge is 0.114 e. The van der Waals surface area contributed by atoms with Gasteiger partial charge in [0.25, 0.3) is 0 Å². The van der Waals surface area contributed by atoms with E-state index >= 15 is 0 Å². The summed E-state index contributed by atoms with van der Waals surface area (Å²) >= 11 is 0. The number of rotatable bonds is 6. The Hall–Kier alpha value is -3.25. The van der Waals surface area contributed by atoms with Gasteiger partial charge in [-0.05, 0) is 31.2 Å². The van der Waals surface area contributed by atoms with Gasteiger partial charge in [-0.1, -0.05) is 42.5 Å². The Kier molecular flexibility index (Phi) is 5.16. The average Bonchev–Trinajstić information content (AvgIpc) is 3.40. The first kappa shape index (κ1) is 19.7. The fourth-order valence-corrected chi connectivity index (χ4v) is 4.29. The fourth-order valence-electron chi connectivity index (χ4n) is 4.29. The largest absolute Gasteiger partial charge is 0.300 e. The van der Waals surface area contributed by atoms with Crippen molar-refractivity contribution in [3.63, 3.8) is 0 Å². The molecular weight excluding hydrogens is 384 g/mol. The van der Waals surface area contributed by atoms with Crippen LogP contribution in [0.2, 0.25) is 0 Å². The van der Waals surface area contributed by atoms with Crippen molar-refractivity contribution >= 4 is 27.5 Å². The zero-order valence-corrected chi connectivity index (χ0v) is 18.4. The predicted octanol–water partition coefficient (Wildman–Crippen LogP) is 4.06. The third-order valence-corrected chi connectivity index (χ3v) is 5.98. The molecule has 0 bridgehead atoms. The Bertz CT molecular complexity index is 1260. The molecule has 2 aromatic carbocycles. The van der Waals surface area contributed by atoms with Gasteiger partial charge in [0.15, 0.2) is 0 Å². The summed E-state index contributed by atoms with van der Waals surface area (Å²) in [6.07, 6.45) is 3.15. The summed E-state index contributed by atoms with van der Waals surface area (Å²) in [5.74, 6) is 0.